The molecule has 2 nitrogen and oxygen atoms in total. The van der Waals surface area contributed by atoms with E-state index in [4.69, 9.17) is 11.6 Å². The molecule has 1 aromatic heterocycles. The first-order valence-corrected chi connectivity index (χ1v) is 7.66. The van der Waals surface area contributed by atoms with Crippen LogP contribution in [0.2, 0.25) is 5.02 Å². The fourth-order valence-corrected chi connectivity index (χ4v) is 3.22. The van der Waals surface area contributed by atoms with Gasteiger partial charge in [0.2, 0.25) is 0 Å². The van der Waals surface area contributed by atoms with Gasteiger partial charge in [-0.2, -0.15) is 0 Å². The van der Waals surface area contributed by atoms with Crippen molar-refractivity contribution in [2.24, 2.45) is 5.92 Å². The van der Waals surface area contributed by atoms with Crippen molar-refractivity contribution in [3.8, 4) is 0 Å². The minimum absolute atomic E-state index is 0.119. The zero-order valence-electron chi connectivity index (χ0n) is 10.3. The van der Waals surface area contributed by atoms with Crippen molar-refractivity contribution < 1.29 is 4.79 Å². The number of rotatable bonds is 4. The lowest BCUT2D eigenvalue weighted by Crippen LogP contribution is -2.18. The predicted octanol–water partition coefficient (Wildman–Crippen LogP) is 4.17. The second kappa shape index (κ2) is 5.22. The summed E-state index contributed by atoms with van der Waals surface area (Å²) in [4.78, 5) is 16.3. The molecule has 0 spiro atoms. The van der Waals surface area contributed by atoms with Gasteiger partial charge < -0.3 is 0 Å². The van der Waals surface area contributed by atoms with Gasteiger partial charge in [0.25, 0.3) is 0 Å². The van der Waals surface area contributed by atoms with Crippen molar-refractivity contribution in [2.75, 3.05) is 0 Å². The third-order valence-corrected chi connectivity index (χ3v) is 4.59. The van der Waals surface area contributed by atoms with Crippen LogP contribution < -0.4 is 0 Å². The topological polar surface area (TPSA) is 30.0 Å². The van der Waals surface area contributed by atoms with Crippen LogP contribution in [-0.4, -0.2) is 15.6 Å². The predicted molar refractivity (Wildman–Crippen MR) is 80.9 cm³/mol. The van der Waals surface area contributed by atoms with Gasteiger partial charge in [-0.25, -0.2) is 0 Å². The molecule has 1 saturated carbocycles. The minimum Gasteiger partial charge on any atom is -0.298 e. The van der Waals surface area contributed by atoms with E-state index in [-0.39, 0.29) is 10.7 Å². The van der Waals surface area contributed by atoms with Gasteiger partial charge >= 0.3 is 0 Å². The molecule has 1 heterocycles. The van der Waals surface area contributed by atoms with Crippen LogP contribution in [0.4, 0.5) is 0 Å². The summed E-state index contributed by atoms with van der Waals surface area (Å²) in [5, 5.41) is 1.65. The Morgan fingerprint density at radius 2 is 2.21 bits per heavy atom. The largest absolute Gasteiger partial charge is 0.298 e. The first kappa shape index (κ1) is 13.1. The molecular weight excluding hydrogens is 326 g/mol. The summed E-state index contributed by atoms with van der Waals surface area (Å²) in [6.45, 7) is 0. The second-order valence-electron chi connectivity index (χ2n) is 4.95. The van der Waals surface area contributed by atoms with Crippen LogP contribution in [0.1, 0.15) is 18.4 Å². The van der Waals surface area contributed by atoms with E-state index in [0.717, 1.165) is 29.3 Å². The Hall–Kier alpha value is -0.930. The number of carbonyl (C=O) groups is 1. The highest BCUT2D eigenvalue weighted by atomic mass is 79.9. The van der Waals surface area contributed by atoms with Crippen LogP contribution in [0.25, 0.3) is 10.9 Å². The SMILES string of the molecule is O=C(C(Br)Cc1ccc(Cl)c2cccnc12)C1CC1. The molecule has 0 bridgehead atoms. The van der Waals surface area contributed by atoms with Crippen LogP contribution in [0.3, 0.4) is 0 Å². The number of hydrogen-bond donors (Lipinski definition) is 0. The Labute approximate surface area is 125 Å². The zero-order valence-corrected chi connectivity index (χ0v) is 12.6. The summed E-state index contributed by atoms with van der Waals surface area (Å²) >= 11 is 9.68. The monoisotopic (exact) mass is 337 g/mol. The lowest BCUT2D eigenvalue weighted by atomic mass is 10.0. The van der Waals surface area contributed by atoms with E-state index in [1.54, 1.807) is 6.20 Å². The lowest BCUT2D eigenvalue weighted by molar-refractivity contribution is -0.119. The van der Waals surface area contributed by atoms with Crippen molar-refractivity contribution in [3.63, 3.8) is 0 Å². The average Bonchev–Trinajstić information content (AvgIpc) is 3.26. The number of aromatic nitrogens is 1. The summed E-state index contributed by atoms with van der Waals surface area (Å²) in [5.41, 5.74) is 1.96. The lowest BCUT2D eigenvalue weighted by Gasteiger charge is -2.11. The first-order chi connectivity index (χ1) is 9.16. The Balaban J connectivity index is 1.92. The number of fused-ring (bicyclic) bond motifs is 1. The molecule has 0 radical (unpaired) electrons. The fourth-order valence-electron chi connectivity index (χ4n) is 2.28. The van der Waals surface area contributed by atoms with Crippen molar-refractivity contribution in [1.29, 1.82) is 0 Å². The molecular formula is C15H13BrClNO. The van der Waals surface area contributed by atoms with E-state index in [2.05, 4.69) is 20.9 Å². The molecule has 0 amide bonds. The van der Waals surface area contributed by atoms with E-state index in [9.17, 15) is 4.79 Å². The highest BCUT2D eigenvalue weighted by molar-refractivity contribution is 9.10. The first-order valence-electron chi connectivity index (χ1n) is 6.36. The molecule has 1 aliphatic carbocycles. The molecule has 19 heavy (non-hydrogen) atoms. The number of alkyl halides is 1. The van der Waals surface area contributed by atoms with Crippen LogP contribution >= 0.6 is 27.5 Å². The number of carbonyl (C=O) groups excluding carboxylic acids is 1. The Morgan fingerprint density at radius 1 is 1.42 bits per heavy atom. The Morgan fingerprint density at radius 3 is 2.95 bits per heavy atom. The standard InChI is InChI=1S/C15H13BrClNO/c16-12(15(19)9-3-4-9)8-10-5-6-13(17)11-2-1-7-18-14(10)11/h1-2,5-7,9,12H,3-4,8H2. The van der Waals surface area contributed by atoms with Crippen molar-refractivity contribution >= 4 is 44.2 Å². The van der Waals surface area contributed by atoms with Gasteiger partial charge in [0.15, 0.2) is 0 Å². The third kappa shape index (κ3) is 2.67. The Kier molecular flexibility index (Phi) is 3.59. The van der Waals surface area contributed by atoms with Crippen molar-refractivity contribution in [1.82, 2.24) is 4.98 Å². The summed E-state index contributed by atoms with van der Waals surface area (Å²) in [7, 11) is 0. The average molecular weight is 339 g/mol. The number of nitrogens with zero attached hydrogens (tertiary/aromatic N) is 1. The molecule has 0 saturated heterocycles. The van der Waals surface area contributed by atoms with Gasteiger partial charge in [-0.05, 0) is 43.0 Å². The molecule has 98 valence electrons. The quantitative estimate of drug-likeness (QED) is 0.783. The van der Waals surface area contributed by atoms with Gasteiger partial charge in [-0.1, -0.05) is 33.6 Å². The number of halogens is 2. The van der Waals surface area contributed by atoms with Crippen molar-refractivity contribution in [3.05, 3.63) is 41.0 Å². The number of pyridine rings is 1. The molecule has 1 aromatic carbocycles. The van der Waals surface area contributed by atoms with Gasteiger partial charge in [-0.3, -0.25) is 9.78 Å². The molecule has 1 fully saturated rings. The molecule has 0 N–H and O–H groups in total. The van der Waals surface area contributed by atoms with E-state index in [1.807, 2.05) is 24.3 Å². The number of ketones is 1. The zero-order chi connectivity index (χ0) is 13.4. The maximum atomic E-state index is 12.0. The molecule has 2 aromatic rings. The highest BCUT2D eigenvalue weighted by Crippen LogP contribution is 2.34. The van der Waals surface area contributed by atoms with Crippen LogP contribution in [0.5, 0.6) is 0 Å². The molecule has 1 unspecified atom stereocenters. The number of hydrogen-bond acceptors (Lipinski definition) is 2. The van der Waals surface area contributed by atoms with Crippen LogP contribution in [0, 0.1) is 5.92 Å². The number of benzene rings is 1. The molecule has 1 atom stereocenters. The van der Waals surface area contributed by atoms with Gasteiger partial charge in [0.05, 0.1) is 10.3 Å². The molecule has 3 rings (SSSR count). The summed E-state index contributed by atoms with van der Waals surface area (Å²) in [6, 6.07) is 7.67. The Bertz CT molecular complexity index is 639. The second-order valence-corrected chi connectivity index (χ2v) is 6.47. The molecule has 4 heteroatoms. The number of Topliss-reactive ketones (excluding diaryl/α,β-unsaturated/α-hetero) is 1. The maximum Gasteiger partial charge on any atom is 0.149 e. The summed E-state index contributed by atoms with van der Waals surface area (Å²) in [6.07, 6.45) is 4.51. The summed E-state index contributed by atoms with van der Waals surface area (Å²) in [5.74, 6) is 0.593. The fraction of sp³-hybridized carbons (Fsp3) is 0.333. The van der Waals surface area contributed by atoms with Gasteiger partial charge in [0.1, 0.15) is 5.78 Å². The maximum absolute atomic E-state index is 12.0. The van der Waals surface area contributed by atoms with E-state index in [1.165, 1.54) is 0 Å². The smallest absolute Gasteiger partial charge is 0.149 e. The molecule has 0 aliphatic heterocycles. The molecule has 1 aliphatic rings. The van der Waals surface area contributed by atoms with E-state index < -0.39 is 0 Å². The normalized spacial score (nSPS) is 16.5. The van der Waals surface area contributed by atoms with E-state index in [0.29, 0.717) is 17.2 Å². The summed E-state index contributed by atoms with van der Waals surface area (Å²) < 4.78 is 0. The van der Waals surface area contributed by atoms with Crippen LogP contribution in [0.15, 0.2) is 30.5 Å². The minimum atomic E-state index is -0.119. The van der Waals surface area contributed by atoms with Gasteiger partial charge in [0, 0.05) is 22.5 Å². The highest BCUT2D eigenvalue weighted by Gasteiger charge is 2.33. The van der Waals surface area contributed by atoms with Gasteiger partial charge in [-0.15, -0.1) is 0 Å². The van der Waals surface area contributed by atoms with E-state index >= 15 is 0 Å². The van der Waals surface area contributed by atoms with Crippen molar-refractivity contribution in [2.45, 2.75) is 24.1 Å². The third-order valence-electron chi connectivity index (χ3n) is 3.49. The van der Waals surface area contributed by atoms with Crippen LogP contribution in [-0.2, 0) is 11.2 Å².